The summed E-state index contributed by atoms with van der Waals surface area (Å²) in [4.78, 5) is 23.2. The van der Waals surface area contributed by atoms with Gasteiger partial charge in [0.05, 0.1) is 23.9 Å². The SMILES string of the molecule is CCOc1ccc(N(C(=O)NCCCCO)c2ccnc(N[C@@H](C)C(C)(C)O)n2)cc1. The van der Waals surface area contributed by atoms with Crippen LogP contribution in [-0.4, -0.2) is 57.6 Å². The standard InChI is InChI=1S/C22H33N5O4/c1-5-31-18-10-8-17(9-11-18)27(21(29)24-13-6-7-15-28)19-12-14-23-20(26-19)25-16(2)22(3,4)30/h8-12,14,16,28,30H,5-7,13,15H2,1-4H3,(H,24,29)(H,23,25,26)/t16-/m0/s1. The van der Waals surface area contributed by atoms with E-state index < -0.39 is 5.60 Å². The fraction of sp³-hybridized carbons (Fsp3) is 0.500. The Morgan fingerprint density at radius 2 is 1.94 bits per heavy atom. The van der Waals surface area contributed by atoms with Crippen LogP contribution in [0.3, 0.4) is 0 Å². The summed E-state index contributed by atoms with van der Waals surface area (Å²) in [6, 6.07) is 8.14. The minimum atomic E-state index is -0.974. The number of urea groups is 1. The van der Waals surface area contributed by atoms with Crippen molar-refractivity contribution in [3.8, 4) is 5.75 Å². The van der Waals surface area contributed by atoms with Gasteiger partial charge in [-0.15, -0.1) is 0 Å². The third-order valence-electron chi connectivity index (χ3n) is 4.75. The maximum atomic E-state index is 13.0. The Morgan fingerprint density at radius 3 is 2.55 bits per heavy atom. The van der Waals surface area contributed by atoms with Crippen LogP contribution in [0.4, 0.5) is 22.2 Å². The first-order valence-electron chi connectivity index (χ1n) is 10.5. The second-order valence-corrected chi connectivity index (χ2v) is 7.68. The largest absolute Gasteiger partial charge is 0.494 e. The van der Waals surface area contributed by atoms with Crippen molar-refractivity contribution >= 4 is 23.5 Å². The molecule has 0 saturated heterocycles. The summed E-state index contributed by atoms with van der Waals surface area (Å²) in [5.41, 5.74) is -0.360. The topological polar surface area (TPSA) is 120 Å². The van der Waals surface area contributed by atoms with Gasteiger partial charge in [0.25, 0.3) is 0 Å². The fourth-order valence-electron chi connectivity index (χ4n) is 2.64. The molecule has 0 spiro atoms. The van der Waals surface area contributed by atoms with E-state index >= 15 is 0 Å². The molecule has 170 valence electrons. The van der Waals surface area contributed by atoms with Gasteiger partial charge in [0, 0.05) is 25.4 Å². The lowest BCUT2D eigenvalue weighted by molar-refractivity contribution is 0.0646. The van der Waals surface area contributed by atoms with Gasteiger partial charge in [-0.25, -0.2) is 14.7 Å². The van der Waals surface area contributed by atoms with Gasteiger partial charge in [0.1, 0.15) is 11.6 Å². The highest BCUT2D eigenvalue weighted by Gasteiger charge is 2.24. The molecule has 4 N–H and O–H groups in total. The van der Waals surface area contributed by atoms with Crippen molar-refractivity contribution in [2.75, 3.05) is 30.0 Å². The molecule has 1 aromatic heterocycles. The van der Waals surface area contributed by atoms with E-state index in [9.17, 15) is 9.90 Å². The Hall–Kier alpha value is -2.91. The number of hydrogen-bond acceptors (Lipinski definition) is 7. The average molecular weight is 432 g/mol. The van der Waals surface area contributed by atoms with Crippen LogP contribution in [0.2, 0.25) is 0 Å². The number of aliphatic hydroxyl groups is 2. The molecule has 9 heteroatoms. The number of aromatic nitrogens is 2. The summed E-state index contributed by atoms with van der Waals surface area (Å²) in [6.07, 6.45) is 2.83. The summed E-state index contributed by atoms with van der Waals surface area (Å²) < 4.78 is 5.49. The van der Waals surface area contributed by atoms with Gasteiger partial charge < -0.3 is 25.6 Å². The lowest BCUT2D eigenvalue weighted by atomic mass is 10.0. The average Bonchev–Trinajstić information content (AvgIpc) is 2.72. The lowest BCUT2D eigenvalue weighted by Gasteiger charge is -2.27. The second-order valence-electron chi connectivity index (χ2n) is 7.68. The molecule has 2 amide bonds. The highest BCUT2D eigenvalue weighted by molar-refractivity contribution is 5.98. The number of nitrogens with one attached hydrogen (secondary N) is 2. The minimum Gasteiger partial charge on any atom is -0.494 e. The molecular weight excluding hydrogens is 398 g/mol. The van der Waals surface area contributed by atoms with Crippen LogP contribution in [-0.2, 0) is 0 Å². The molecule has 2 rings (SSSR count). The Labute approximate surface area is 183 Å². The van der Waals surface area contributed by atoms with Crippen LogP contribution in [0.25, 0.3) is 0 Å². The summed E-state index contributed by atoms with van der Waals surface area (Å²) in [5, 5.41) is 25.1. The van der Waals surface area contributed by atoms with E-state index in [1.165, 1.54) is 4.90 Å². The number of amides is 2. The van der Waals surface area contributed by atoms with Gasteiger partial charge in [-0.2, -0.15) is 4.98 Å². The third-order valence-corrected chi connectivity index (χ3v) is 4.75. The number of hydrogen-bond donors (Lipinski definition) is 4. The fourth-order valence-corrected chi connectivity index (χ4v) is 2.64. The molecule has 31 heavy (non-hydrogen) atoms. The highest BCUT2D eigenvalue weighted by Crippen LogP contribution is 2.27. The van der Waals surface area contributed by atoms with Crippen molar-refractivity contribution in [2.45, 2.75) is 52.2 Å². The van der Waals surface area contributed by atoms with Crippen molar-refractivity contribution < 1.29 is 19.7 Å². The summed E-state index contributed by atoms with van der Waals surface area (Å²) >= 11 is 0. The van der Waals surface area contributed by atoms with E-state index in [4.69, 9.17) is 9.84 Å². The monoisotopic (exact) mass is 431 g/mol. The quantitative estimate of drug-likeness (QED) is 0.404. The molecule has 0 radical (unpaired) electrons. The Morgan fingerprint density at radius 1 is 1.23 bits per heavy atom. The Kier molecular flexibility index (Phi) is 9.02. The number of rotatable bonds is 11. The van der Waals surface area contributed by atoms with Crippen molar-refractivity contribution in [2.24, 2.45) is 0 Å². The lowest BCUT2D eigenvalue weighted by Crippen LogP contribution is -2.40. The molecule has 1 atom stereocenters. The summed E-state index contributed by atoms with van der Waals surface area (Å²) in [7, 11) is 0. The number of unbranched alkanes of at least 4 members (excludes halogenated alkanes) is 1. The van der Waals surface area contributed by atoms with Crippen molar-refractivity contribution in [3.05, 3.63) is 36.5 Å². The van der Waals surface area contributed by atoms with Gasteiger partial charge >= 0.3 is 6.03 Å². The number of aliphatic hydroxyl groups excluding tert-OH is 1. The molecule has 0 saturated carbocycles. The van der Waals surface area contributed by atoms with Crippen LogP contribution < -0.4 is 20.3 Å². The molecule has 0 unspecified atom stereocenters. The predicted molar refractivity (Wildman–Crippen MR) is 121 cm³/mol. The number of benzene rings is 1. The van der Waals surface area contributed by atoms with Crippen LogP contribution in [0.1, 0.15) is 40.5 Å². The summed E-state index contributed by atoms with van der Waals surface area (Å²) in [5.74, 6) is 1.39. The van der Waals surface area contributed by atoms with E-state index in [0.29, 0.717) is 49.2 Å². The van der Waals surface area contributed by atoms with Crippen LogP contribution >= 0.6 is 0 Å². The Bertz CT molecular complexity index is 823. The molecule has 0 bridgehead atoms. The first kappa shape index (κ1) is 24.4. The molecule has 9 nitrogen and oxygen atoms in total. The minimum absolute atomic E-state index is 0.0821. The number of ether oxygens (including phenoxy) is 1. The predicted octanol–water partition coefficient (Wildman–Crippen LogP) is 3.07. The molecule has 2 aromatic rings. The van der Waals surface area contributed by atoms with Gasteiger partial charge in [-0.05, 0) is 64.8 Å². The van der Waals surface area contributed by atoms with Crippen LogP contribution in [0, 0.1) is 0 Å². The molecule has 1 heterocycles. The summed E-state index contributed by atoms with van der Waals surface area (Å²) in [6.45, 7) is 8.19. The van der Waals surface area contributed by atoms with Gasteiger partial charge in [0.15, 0.2) is 0 Å². The third kappa shape index (κ3) is 7.37. The van der Waals surface area contributed by atoms with Gasteiger partial charge in [-0.1, -0.05) is 0 Å². The van der Waals surface area contributed by atoms with E-state index in [-0.39, 0.29) is 18.7 Å². The number of anilines is 3. The number of carbonyl (C=O) groups is 1. The highest BCUT2D eigenvalue weighted by atomic mass is 16.5. The van der Waals surface area contributed by atoms with Gasteiger partial charge in [0.2, 0.25) is 5.95 Å². The zero-order valence-electron chi connectivity index (χ0n) is 18.6. The maximum absolute atomic E-state index is 13.0. The maximum Gasteiger partial charge on any atom is 0.327 e. The second kappa shape index (κ2) is 11.5. The normalized spacial score (nSPS) is 12.2. The molecule has 0 fully saturated rings. The van der Waals surface area contributed by atoms with Crippen LogP contribution in [0.5, 0.6) is 5.75 Å². The molecule has 0 aliphatic carbocycles. The van der Waals surface area contributed by atoms with Crippen molar-refractivity contribution in [1.82, 2.24) is 15.3 Å². The van der Waals surface area contributed by atoms with E-state index in [0.717, 1.165) is 0 Å². The number of nitrogens with zero attached hydrogens (tertiary/aromatic N) is 3. The van der Waals surface area contributed by atoms with E-state index in [1.54, 1.807) is 50.4 Å². The molecular formula is C22H33N5O4. The first-order chi connectivity index (χ1) is 14.8. The van der Waals surface area contributed by atoms with Crippen molar-refractivity contribution in [3.63, 3.8) is 0 Å². The van der Waals surface area contributed by atoms with E-state index in [1.807, 2.05) is 13.8 Å². The molecule has 1 aromatic carbocycles. The smallest absolute Gasteiger partial charge is 0.327 e. The molecule has 0 aliphatic heterocycles. The Balaban J connectivity index is 2.31. The zero-order chi connectivity index (χ0) is 22.9. The molecule has 0 aliphatic rings. The number of carbonyl (C=O) groups excluding carboxylic acids is 1. The van der Waals surface area contributed by atoms with E-state index in [2.05, 4.69) is 20.6 Å². The van der Waals surface area contributed by atoms with Crippen molar-refractivity contribution in [1.29, 1.82) is 0 Å². The first-order valence-corrected chi connectivity index (χ1v) is 10.5. The van der Waals surface area contributed by atoms with Gasteiger partial charge in [-0.3, -0.25) is 0 Å². The zero-order valence-corrected chi connectivity index (χ0v) is 18.6. The van der Waals surface area contributed by atoms with Crippen LogP contribution in [0.15, 0.2) is 36.5 Å².